The molecule has 0 spiro atoms. The van der Waals surface area contributed by atoms with Crippen LogP contribution in [0.4, 0.5) is 0 Å². The minimum atomic E-state index is 1.00. The molecular weight excluding hydrogens is 178 g/mol. The van der Waals surface area contributed by atoms with Gasteiger partial charge < -0.3 is 5.32 Å². The molecule has 0 aliphatic carbocycles. The molecule has 72 valence electrons. The maximum atomic E-state index is 3.30. The molecule has 0 aromatic heterocycles. The molecule has 0 saturated heterocycles. The Labute approximate surface area is 84.9 Å². The van der Waals surface area contributed by atoms with Crippen molar-refractivity contribution < 1.29 is 0 Å². The lowest BCUT2D eigenvalue weighted by Gasteiger charge is -2.06. The molecular formula is C11H17NS. The molecule has 0 unspecified atom stereocenters. The summed E-state index contributed by atoms with van der Waals surface area (Å²) in [6.07, 6.45) is 0. The molecule has 13 heavy (non-hydrogen) atoms. The second-order valence-electron chi connectivity index (χ2n) is 3.16. The lowest BCUT2D eigenvalue weighted by atomic mass is 10.2. The third-order valence-corrected chi connectivity index (χ3v) is 3.03. The van der Waals surface area contributed by atoms with Crippen LogP contribution < -0.4 is 5.32 Å². The zero-order valence-electron chi connectivity index (χ0n) is 8.55. The fourth-order valence-corrected chi connectivity index (χ4v) is 2.10. The standard InChI is InChI=1S/C11H17NS/c1-4-12-8-13-11-6-5-9(2)7-10(11)3/h5-7,12H,4,8H2,1-3H3. The molecule has 1 rings (SSSR count). The molecule has 1 aromatic rings. The first kappa shape index (κ1) is 10.6. The maximum absolute atomic E-state index is 3.30. The first-order valence-corrected chi connectivity index (χ1v) is 5.63. The highest BCUT2D eigenvalue weighted by Gasteiger charge is 1.97. The first-order valence-electron chi connectivity index (χ1n) is 4.65. The van der Waals surface area contributed by atoms with Crippen molar-refractivity contribution in [2.75, 3.05) is 12.4 Å². The summed E-state index contributed by atoms with van der Waals surface area (Å²) in [5.74, 6) is 1.00. The quantitative estimate of drug-likeness (QED) is 0.450. The summed E-state index contributed by atoms with van der Waals surface area (Å²) in [5.41, 5.74) is 2.72. The average Bonchev–Trinajstić information content (AvgIpc) is 2.09. The van der Waals surface area contributed by atoms with Crippen LogP contribution in [0.25, 0.3) is 0 Å². The third kappa shape index (κ3) is 3.41. The summed E-state index contributed by atoms with van der Waals surface area (Å²) >= 11 is 1.87. The van der Waals surface area contributed by atoms with Crippen molar-refractivity contribution in [3.05, 3.63) is 29.3 Å². The Kier molecular flexibility index (Phi) is 4.33. The lowest BCUT2D eigenvalue weighted by Crippen LogP contribution is -2.10. The molecule has 2 heteroatoms. The summed E-state index contributed by atoms with van der Waals surface area (Å²) < 4.78 is 0. The zero-order valence-corrected chi connectivity index (χ0v) is 9.37. The van der Waals surface area contributed by atoms with E-state index >= 15 is 0 Å². The van der Waals surface area contributed by atoms with Crippen molar-refractivity contribution in [2.24, 2.45) is 0 Å². The monoisotopic (exact) mass is 195 g/mol. The molecule has 1 aromatic carbocycles. The first-order chi connectivity index (χ1) is 6.24. The van der Waals surface area contributed by atoms with Gasteiger partial charge in [0.25, 0.3) is 0 Å². The number of hydrogen-bond donors (Lipinski definition) is 1. The molecule has 0 aliphatic rings. The lowest BCUT2D eigenvalue weighted by molar-refractivity contribution is 0.839. The van der Waals surface area contributed by atoms with Crippen LogP contribution in [0.2, 0.25) is 0 Å². The van der Waals surface area contributed by atoms with Gasteiger partial charge in [0, 0.05) is 10.8 Å². The molecule has 0 bridgehead atoms. The van der Waals surface area contributed by atoms with Gasteiger partial charge in [-0.25, -0.2) is 0 Å². The van der Waals surface area contributed by atoms with Crippen LogP contribution in [0.1, 0.15) is 18.1 Å². The van der Waals surface area contributed by atoms with E-state index in [1.807, 2.05) is 11.8 Å². The van der Waals surface area contributed by atoms with Crippen molar-refractivity contribution in [1.29, 1.82) is 0 Å². The fourth-order valence-electron chi connectivity index (χ4n) is 1.19. The van der Waals surface area contributed by atoms with Crippen molar-refractivity contribution >= 4 is 11.8 Å². The Morgan fingerprint density at radius 1 is 1.31 bits per heavy atom. The predicted molar refractivity (Wildman–Crippen MR) is 60.3 cm³/mol. The van der Waals surface area contributed by atoms with E-state index in [1.54, 1.807) is 0 Å². The minimum absolute atomic E-state index is 1.00. The number of thioether (sulfide) groups is 1. The summed E-state index contributed by atoms with van der Waals surface area (Å²) in [5, 5.41) is 3.30. The molecule has 1 nitrogen and oxygen atoms in total. The van der Waals surface area contributed by atoms with E-state index in [0.717, 1.165) is 12.4 Å². The van der Waals surface area contributed by atoms with Gasteiger partial charge in [0.15, 0.2) is 0 Å². The predicted octanol–water partition coefficient (Wildman–Crippen LogP) is 2.96. The molecule has 0 radical (unpaired) electrons. The van der Waals surface area contributed by atoms with Crippen molar-refractivity contribution in [1.82, 2.24) is 5.32 Å². The maximum Gasteiger partial charge on any atom is 0.0465 e. The Bertz CT molecular complexity index is 271. The van der Waals surface area contributed by atoms with E-state index < -0.39 is 0 Å². The van der Waals surface area contributed by atoms with Gasteiger partial charge in [0.1, 0.15) is 0 Å². The highest BCUT2D eigenvalue weighted by molar-refractivity contribution is 7.99. The van der Waals surface area contributed by atoms with E-state index in [4.69, 9.17) is 0 Å². The Morgan fingerprint density at radius 3 is 2.69 bits per heavy atom. The highest BCUT2D eigenvalue weighted by Crippen LogP contribution is 2.21. The number of aryl methyl sites for hydroxylation is 2. The van der Waals surface area contributed by atoms with Crippen LogP contribution in [-0.4, -0.2) is 12.4 Å². The summed E-state index contributed by atoms with van der Waals surface area (Å²) in [7, 11) is 0. The van der Waals surface area contributed by atoms with Gasteiger partial charge in [-0.05, 0) is 32.0 Å². The molecule has 0 amide bonds. The van der Waals surface area contributed by atoms with Crippen LogP contribution in [0.3, 0.4) is 0 Å². The molecule has 0 fully saturated rings. The van der Waals surface area contributed by atoms with Gasteiger partial charge in [-0.3, -0.25) is 0 Å². The second kappa shape index (κ2) is 5.30. The largest absolute Gasteiger partial charge is 0.308 e. The fraction of sp³-hybridized carbons (Fsp3) is 0.455. The highest BCUT2D eigenvalue weighted by atomic mass is 32.2. The summed E-state index contributed by atoms with van der Waals surface area (Å²) in [4.78, 5) is 1.38. The summed E-state index contributed by atoms with van der Waals surface area (Å²) in [6, 6.07) is 6.60. The van der Waals surface area contributed by atoms with Crippen molar-refractivity contribution in [3.63, 3.8) is 0 Å². The van der Waals surface area contributed by atoms with Crippen molar-refractivity contribution in [2.45, 2.75) is 25.7 Å². The van der Waals surface area contributed by atoms with Crippen LogP contribution in [-0.2, 0) is 0 Å². The molecule has 1 N–H and O–H groups in total. The van der Waals surface area contributed by atoms with E-state index in [-0.39, 0.29) is 0 Å². The minimum Gasteiger partial charge on any atom is -0.308 e. The SMILES string of the molecule is CCNCSc1ccc(C)cc1C. The van der Waals surface area contributed by atoms with Crippen LogP contribution in [0.15, 0.2) is 23.1 Å². The zero-order chi connectivity index (χ0) is 9.68. The number of rotatable bonds is 4. The van der Waals surface area contributed by atoms with E-state index in [0.29, 0.717) is 0 Å². The van der Waals surface area contributed by atoms with Gasteiger partial charge >= 0.3 is 0 Å². The number of benzene rings is 1. The van der Waals surface area contributed by atoms with Crippen LogP contribution in [0, 0.1) is 13.8 Å². The molecule has 0 atom stereocenters. The third-order valence-electron chi connectivity index (χ3n) is 1.91. The topological polar surface area (TPSA) is 12.0 Å². The van der Waals surface area contributed by atoms with Gasteiger partial charge in [0.05, 0.1) is 0 Å². The Morgan fingerprint density at radius 2 is 2.08 bits per heavy atom. The second-order valence-corrected chi connectivity index (χ2v) is 4.18. The number of nitrogens with one attached hydrogen (secondary N) is 1. The van der Waals surface area contributed by atoms with Gasteiger partial charge in [-0.15, -0.1) is 11.8 Å². The molecule has 0 aliphatic heterocycles. The Hall–Kier alpha value is -0.470. The average molecular weight is 195 g/mol. The smallest absolute Gasteiger partial charge is 0.0465 e. The van der Waals surface area contributed by atoms with Crippen LogP contribution in [0.5, 0.6) is 0 Å². The summed E-state index contributed by atoms with van der Waals surface area (Å²) in [6.45, 7) is 7.47. The van der Waals surface area contributed by atoms with E-state index in [2.05, 4.69) is 44.3 Å². The van der Waals surface area contributed by atoms with Gasteiger partial charge in [-0.1, -0.05) is 24.6 Å². The van der Waals surface area contributed by atoms with Gasteiger partial charge in [-0.2, -0.15) is 0 Å². The van der Waals surface area contributed by atoms with Crippen molar-refractivity contribution in [3.8, 4) is 0 Å². The normalized spacial score (nSPS) is 10.4. The number of hydrogen-bond acceptors (Lipinski definition) is 2. The molecule has 0 saturated carbocycles. The Balaban J connectivity index is 2.56. The molecule has 0 heterocycles. The van der Waals surface area contributed by atoms with E-state index in [9.17, 15) is 0 Å². The van der Waals surface area contributed by atoms with Crippen LogP contribution >= 0.6 is 11.8 Å². The van der Waals surface area contributed by atoms with E-state index in [1.165, 1.54) is 16.0 Å². The van der Waals surface area contributed by atoms with Gasteiger partial charge in [0.2, 0.25) is 0 Å².